The van der Waals surface area contributed by atoms with Gasteiger partial charge in [0, 0.05) is 11.6 Å². The molecular formula is C29H34O15. The van der Waals surface area contributed by atoms with Crippen LogP contribution in [0, 0.1) is 0 Å². The molecule has 2 fully saturated rings. The largest absolute Gasteiger partial charge is 0.502 e. The zero-order valence-corrected chi connectivity index (χ0v) is 23.8. The van der Waals surface area contributed by atoms with Crippen LogP contribution in [0.15, 0.2) is 45.6 Å². The molecule has 0 amide bonds. The first-order chi connectivity index (χ1) is 20.9. The minimum absolute atomic E-state index is 0.0976. The van der Waals surface area contributed by atoms with Crippen molar-refractivity contribution in [1.29, 1.82) is 0 Å². The first-order valence-corrected chi connectivity index (χ1v) is 13.6. The molecule has 2 aliphatic heterocycles. The van der Waals surface area contributed by atoms with E-state index in [2.05, 4.69) is 0 Å². The Morgan fingerprint density at radius 3 is 2.11 bits per heavy atom. The SMILES string of the molecule is COc1ccc(-c2cc(=O)c3cc(O[C@@H]4O[C@H](CO[C@@H]5O[C@H](C)[C@H](O)[C@H](O)[C@@H]5O)[C@@H](O)[C@H](O)[C@H]4O)c(OC)c(O)c3o2)cc1. The second-order valence-corrected chi connectivity index (χ2v) is 10.5. The summed E-state index contributed by atoms with van der Waals surface area (Å²) in [5.74, 6) is -0.375. The van der Waals surface area contributed by atoms with Gasteiger partial charge in [-0.05, 0) is 37.3 Å². The average Bonchev–Trinajstić information content (AvgIpc) is 3.02. The molecular weight excluding hydrogens is 588 g/mol. The summed E-state index contributed by atoms with van der Waals surface area (Å²) in [4.78, 5) is 13.1. The van der Waals surface area contributed by atoms with E-state index in [0.717, 1.165) is 0 Å². The maximum Gasteiger partial charge on any atom is 0.229 e. The molecule has 44 heavy (non-hydrogen) atoms. The number of aromatic hydroxyl groups is 1. The Morgan fingerprint density at radius 2 is 1.45 bits per heavy atom. The second-order valence-electron chi connectivity index (χ2n) is 10.5. The summed E-state index contributed by atoms with van der Waals surface area (Å²) in [5, 5.41) is 72.7. The number of ether oxygens (including phenoxy) is 6. The van der Waals surface area contributed by atoms with Crippen molar-refractivity contribution in [1.82, 2.24) is 0 Å². The third kappa shape index (κ3) is 5.93. The second kappa shape index (κ2) is 12.8. The van der Waals surface area contributed by atoms with Gasteiger partial charge in [0.15, 0.2) is 23.1 Å². The number of methoxy groups -OCH3 is 2. The highest BCUT2D eigenvalue weighted by atomic mass is 16.7. The van der Waals surface area contributed by atoms with Crippen molar-refractivity contribution in [3.63, 3.8) is 0 Å². The molecule has 10 atom stereocenters. The van der Waals surface area contributed by atoms with Crippen molar-refractivity contribution in [2.75, 3.05) is 20.8 Å². The number of rotatable bonds is 8. The summed E-state index contributed by atoms with van der Waals surface area (Å²) >= 11 is 0. The summed E-state index contributed by atoms with van der Waals surface area (Å²) in [5.41, 5.74) is -0.208. The lowest BCUT2D eigenvalue weighted by Crippen LogP contribution is -2.61. The van der Waals surface area contributed by atoms with Gasteiger partial charge in [0.05, 0.1) is 32.3 Å². The van der Waals surface area contributed by atoms with Crippen molar-refractivity contribution in [2.24, 2.45) is 0 Å². The molecule has 2 aliphatic rings. The summed E-state index contributed by atoms with van der Waals surface area (Å²) < 4.78 is 38.5. The van der Waals surface area contributed by atoms with Gasteiger partial charge in [0.2, 0.25) is 17.8 Å². The van der Waals surface area contributed by atoms with E-state index in [1.807, 2.05) is 0 Å². The first-order valence-electron chi connectivity index (χ1n) is 13.6. The lowest BCUT2D eigenvalue weighted by molar-refractivity contribution is -0.318. The van der Waals surface area contributed by atoms with Crippen LogP contribution in [0.2, 0.25) is 0 Å². The minimum Gasteiger partial charge on any atom is -0.502 e. The van der Waals surface area contributed by atoms with Gasteiger partial charge in [0.25, 0.3) is 0 Å². The van der Waals surface area contributed by atoms with Gasteiger partial charge in [0.1, 0.15) is 54.2 Å². The van der Waals surface area contributed by atoms with E-state index in [0.29, 0.717) is 11.3 Å². The van der Waals surface area contributed by atoms with Crippen LogP contribution in [-0.4, -0.2) is 118 Å². The number of phenolic OH excluding ortho intramolecular Hbond substituents is 1. The lowest BCUT2D eigenvalue weighted by Gasteiger charge is -2.42. The van der Waals surface area contributed by atoms with Crippen LogP contribution in [-0.2, 0) is 14.2 Å². The van der Waals surface area contributed by atoms with Crippen molar-refractivity contribution < 1.29 is 68.6 Å². The van der Waals surface area contributed by atoms with Crippen LogP contribution in [0.1, 0.15) is 6.92 Å². The van der Waals surface area contributed by atoms with Crippen molar-refractivity contribution >= 4 is 11.0 Å². The zero-order valence-electron chi connectivity index (χ0n) is 23.8. The molecule has 15 nitrogen and oxygen atoms in total. The molecule has 3 heterocycles. The highest BCUT2D eigenvalue weighted by Crippen LogP contribution is 2.44. The van der Waals surface area contributed by atoms with E-state index in [1.165, 1.54) is 33.3 Å². The minimum atomic E-state index is -1.81. The molecule has 5 rings (SSSR count). The maximum absolute atomic E-state index is 13.1. The van der Waals surface area contributed by atoms with E-state index < -0.39 is 79.2 Å². The predicted molar refractivity (Wildman–Crippen MR) is 148 cm³/mol. The number of phenols is 1. The Kier molecular flexibility index (Phi) is 9.31. The summed E-state index contributed by atoms with van der Waals surface area (Å²) in [7, 11) is 2.73. The van der Waals surface area contributed by atoms with Crippen LogP contribution in [0.25, 0.3) is 22.3 Å². The first kappa shape index (κ1) is 31.9. The van der Waals surface area contributed by atoms with Crippen molar-refractivity contribution in [3.8, 4) is 34.3 Å². The Balaban J connectivity index is 1.39. The molecule has 2 saturated heterocycles. The monoisotopic (exact) mass is 622 g/mol. The average molecular weight is 623 g/mol. The third-order valence-corrected chi connectivity index (χ3v) is 7.64. The van der Waals surface area contributed by atoms with Crippen LogP contribution < -0.4 is 19.6 Å². The summed E-state index contributed by atoms with van der Waals surface area (Å²) in [6, 6.07) is 9.12. The Labute approximate surface area is 249 Å². The number of hydrogen-bond acceptors (Lipinski definition) is 15. The highest BCUT2D eigenvalue weighted by Gasteiger charge is 2.47. The van der Waals surface area contributed by atoms with Gasteiger partial charge in [-0.3, -0.25) is 4.79 Å². The van der Waals surface area contributed by atoms with Crippen LogP contribution in [0.3, 0.4) is 0 Å². The number of fused-ring (bicyclic) bond motifs is 1. The standard InChI is InChI=1S/C29H34O15/c1-11-19(31)21(33)23(35)28(41-11)40-10-18-20(32)22(34)24(36)29(44-18)43-17-8-14-15(30)9-16(12-4-6-13(38-2)7-5-12)42-26(14)25(37)27(17)39-3/h4-9,11,18-24,28-29,31-37H,10H2,1-3H3/t11-,18-,19+,20-,21+,22+,23+,24-,28-,29-/m1/s1. The van der Waals surface area contributed by atoms with Crippen LogP contribution in [0.4, 0.5) is 0 Å². The fourth-order valence-corrected chi connectivity index (χ4v) is 5.03. The molecule has 0 aliphatic carbocycles. The number of benzene rings is 2. The number of aliphatic hydroxyl groups is 6. The normalized spacial score (nSPS) is 32.4. The van der Waals surface area contributed by atoms with Crippen molar-refractivity contribution in [3.05, 3.63) is 46.6 Å². The Bertz CT molecular complexity index is 1510. The van der Waals surface area contributed by atoms with Crippen molar-refractivity contribution in [2.45, 2.75) is 68.3 Å². The fraction of sp³-hybridized carbons (Fsp3) is 0.483. The van der Waals surface area contributed by atoms with Gasteiger partial charge in [-0.2, -0.15) is 0 Å². The summed E-state index contributed by atoms with van der Waals surface area (Å²) in [6.45, 7) is 0.943. The van der Waals surface area contributed by atoms with Crippen LogP contribution >= 0.6 is 0 Å². The highest BCUT2D eigenvalue weighted by molar-refractivity contribution is 5.89. The molecule has 3 aromatic rings. The summed E-state index contributed by atoms with van der Waals surface area (Å²) in [6.07, 6.45) is -15.2. The molecule has 7 N–H and O–H groups in total. The maximum atomic E-state index is 13.1. The third-order valence-electron chi connectivity index (χ3n) is 7.64. The molecule has 0 saturated carbocycles. The molecule has 15 heteroatoms. The zero-order chi connectivity index (χ0) is 31.9. The molecule has 1 aromatic heterocycles. The van der Waals surface area contributed by atoms with Gasteiger partial charge in [-0.1, -0.05) is 0 Å². The topological polar surface area (TPSA) is 227 Å². The number of hydrogen-bond donors (Lipinski definition) is 7. The van der Waals surface area contributed by atoms with Gasteiger partial charge in [-0.15, -0.1) is 0 Å². The molecule has 240 valence electrons. The quantitative estimate of drug-likeness (QED) is 0.163. The van der Waals surface area contributed by atoms with E-state index in [9.17, 15) is 40.5 Å². The lowest BCUT2D eigenvalue weighted by atomic mass is 9.98. The number of aliphatic hydroxyl groups excluding tert-OH is 6. The Hall–Kier alpha value is -3.51. The predicted octanol–water partition coefficient (Wildman–Crippen LogP) is -0.787. The van der Waals surface area contributed by atoms with Gasteiger partial charge in [-0.25, -0.2) is 0 Å². The van der Waals surface area contributed by atoms with E-state index >= 15 is 0 Å². The van der Waals surface area contributed by atoms with Gasteiger partial charge >= 0.3 is 0 Å². The molecule has 2 aromatic carbocycles. The van der Waals surface area contributed by atoms with E-state index in [-0.39, 0.29) is 28.2 Å². The molecule has 0 spiro atoms. The van der Waals surface area contributed by atoms with Gasteiger partial charge < -0.3 is 68.6 Å². The Morgan fingerprint density at radius 1 is 0.795 bits per heavy atom. The van der Waals surface area contributed by atoms with Crippen LogP contribution in [0.5, 0.6) is 23.0 Å². The van der Waals surface area contributed by atoms with E-state index in [1.54, 1.807) is 24.3 Å². The molecule has 0 radical (unpaired) electrons. The molecule has 0 unspecified atom stereocenters. The molecule has 0 bridgehead atoms. The van der Waals surface area contributed by atoms with E-state index in [4.69, 9.17) is 32.8 Å². The smallest absolute Gasteiger partial charge is 0.229 e. The fourth-order valence-electron chi connectivity index (χ4n) is 5.03.